The van der Waals surface area contributed by atoms with E-state index in [0.717, 1.165) is 38.8 Å². The number of likely N-dealkylation sites (N-methyl/N-ethyl adjacent to an activating group) is 1. The molecule has 2 fully saturated rings. The van der Waals surface area contributed by atoms with Crippen LogP contribution in [-0.2, 0) is 0 Å². The molecule has 0 radical (unpaired) electrons. The van der Waals surface area contributed by atoms with Crippen molar-refractivity contribution in [2.75, 3.05) is 38.7 Å². The summed E-state index contributed by atoms with van der Waals surface area (Å²) in [4.78, 5) is 27.0. The van der Waals surface area contributed by atoms with Crippen LogP contribution in [0.2, 0.25) is 0 Å². The second-order valence-electron chi connectivity index (χ2n) is 10.7. The highest BCUT2D eigenvalue weighted by Gasteiger charge is 2.40. The highest BCUT2D eigenvalue weighted by Crippen LogP contribution is 2.40. The summed E-state index contributed by atoms with van der Waals surface area (Å²) in [5, 5.41) is 11.6. The lowest BCUT2D eigenvalue weighted by Crippen LogP contribution is -2.54. The molecule has 1 saturated carbocycles. The monoisotopic (exact) mass is 528 g/mol. The van der Waals surface area contributed by atoms with E-state index in [9.17, 15) is 14.3 Å². The summed E-state index contributed by atoms with van der Waals surface area (Å²) in [6.07, 6.45) is 9.85. The van der Waals surface area contributed by atoms with Gasteiger partial charge in [-0.2, -0.15) is 9.97 Å². The Labute approximate surface area is 225 Å². The van der Waals surface area contributed by atoms with Crippen LogP contribution in [0.3, 0.4) is 0 Å². The van der Waals surface area contributed by atoms with E-state index in [1.165, 1.54) is 24.3 Å². The van der Waals surface area contributed by atoms with Gasteiger partial charge in [0.1, 0.15) is 29.3 Å². The third-order valence-electron chi connectivity index (χ3n) is 8.26. The highest BCUT2D eigenvalue weighted by atomic mass is 19.1. The Bertz CT molecular complexity index is 1730. The smallest absolute Gasteiger partial charge is 0.349 e. The number of phenolic OH excluding ortho intramolecular Hbond substituents is 1. The Morgan fingerprint density at radius 2 is 1.97 bits per heavy atom. The minimum atomic E-state index is -0.627. The Kier molecular flexibility index (Phi) is 5.96. The van der Waals surface area contributed by atoms with E-state index in [1.807, 2.05) is 19.0 Å². The third-order valence-corrected chi connectivity index (χ3v) is 8.26. The summed E-state index contributed by atoms with van der Waals surface area (Å²) < 4.78 is 26.8. The summed E-state index contributed by atoms with van der Waals surface area (Å²) in [5.74, 6) is 2.38. The van der Waals surface area contributed by atoms with Crippen molar-refractivity contribution in [2.24, 2.45) is 0 Å². The second-order valence-corrected chi connectivity index (χ2v) is 10.7. The number of hydrogen-bond donors (Lipinski definition) is 1. The van der Waals surface area contributed by atoms with Crippen molar-refractivity contribution in [3.63, 3.8) is 0 Å². The van der Waals surface area contributed by atoms with Crippen LogP contribution >= 0.6 is 0 Å². The molecule has 1 aliphatic carbocycles. The predicted molar refractivity (Wildman–Crippen MR) is 148 cm³/mol. The van der Waals surface area contributed by atoms with Crippen molar-refractivity contribution in [3.8, 4) is 35.4 Å². The number of halogens is 1. The Hall–Kier alpha value is -4.16. The van der Waals surface area contributed by atoms with E-state index >= 15 is 0 Å². The van der Waals surface area contributed by atoms with Crippen molar-refractivity contribution >= 4 is 27.5 Å². The van der Waals surface area contributed by atoms with E-state index < -0.39 is 11.4 Å². The van der Waals surface area contributed by atoms with Gasteiger partial charge in [0.05, 0.1) is 16.6 Å². The first-order valence-electron chi connectivity index (χ1n) is 13.1. The molecule has 0 atom stereocenters. The number of hydrogen-bond acceptors (Lipinski definition) is 8. The van der Waals surface area contributed by atoms with E-state index in [2.05, 4.69) is 15.8 Å². The van der Waals surface area contributed by atoms with Crippen molar-refractivity contribution in [3.05, 3.63) is 51.6 Å². The number of ether oxygens (including phenoxy) is 1. The number of anilines is 1. The minimum absolute atomic E-state index is 0.0205. The van der Waals surface area contributed by atoms with Crippen LogP contribution in [0.4, 0.5) is 10.2 Å². The van der Waals surface area contributed by atoms with Gasteiger partial charge in [0.15, 0.2) is 5.82 Å². The molecule has 1 N–H and O–H groups in total. The average molecular weight is 529 g/mol. The lowest BCUT2D eigenvalue weighted by atomic mass is 9.76. The molecule has 0 amide bonds. The number of aromatic nitrogens is 2. The molecular weight excluding hydrogens is 499 g/mol. The van der Waals surface area contributed by atoms with Crippen molar-refractivity contribution < 1.29 is 18.7 Å². The number of benzene rings is 2. The van der Waals surface area contributed by atoms with E-state index in [1.54, 1.807) is 6.92 Å². The largest absolute Gasteiger partial charge is 0.508 e. The van der Waals surface area contributed by atoms with Gasteiger partial charge in [0.2, 0.25) is 0 Å². The summed E-state index contributed by atoms with van der Waals surface area (Å²) in [6.45, 7) is 3.72. The van der Waals surface area contributed by atoms with E-state index in [-0.39, 0.29) is 34.0 Å². The number of phenols is 1. The summed E-state index contributed by atoms with van der Waals surface area (Å²) in [5.41, 5.74) is 0.549. The third kappa shape index (κ3) is 3.98. The quantitative estimate of drug-likeness (QED) is 0.363. The summed E-state index contributed by atoms with van der Waals surface area (Å²) in [7, 11) is 4.09. The van der Waals surface area contributed by atoms with Gasteiger partial charge in [0, 0.05) is 29.6 Å². The molecule has 0 bridgehead atoms. The van der Waals surface area contributed by atoms with Gasteiger partial charge in [0.25, 0.3) is 0 Å². The topological polar surface area (TPSA) is 91.9 Å². The molecule has 2 aliphatic rings. The van der Waals surface area contributed by atoms with Gasteiger partial charge < -0.3 is 24.1 Å². The zero-order chi connectivity index (χ0) is 27.5. The van der Waals surface area contributed by atoms with E-state index in [4.69, 9.17) is 20.6 Å². The minimum Gasteiger partial charge on any atom is -0.508 e. The van der Waals surface area contributed by atoms with Crippen LogP contribution in [0.15, 0.2) is 33.5 Å². The van der Waals surface area contributed by atoms with E-state index in [0.29, 0.717) is 39.8 Å². The highest BCUT2D eigenvalue weighted by molar-refractivity contribution is 6.03. The normalized spacial score (nSPS) is 16.3. The number of fused-ring (bicyclic) bond motifs is 2. The standard InChI is InChI=1S/C30H29FN4O4/c1-5-20-22(31)9-8-18-14-19(36)15-21(23(18)20)26-17(2)25-24(28(37)39-26)27(35-12-7-13-35)33-29(32-25)38-16-30(34(3)4)10-6-11-30/h1,8-9,14-15,36H,6-7,10-13,16H2,2-4H3. The molecular formula is C30H29FN4O4. The molecule has 1 aliphatic heterocycles. The number of aryl methyl sites for hydroxylation is 1. The number of aromatic hydroxyl groups is 1. The van der Waals surface area contributed by atoms with Gasteiger partial charge in [-0.3, -0.25) is 0 Å². The molecule has 39 heavy (non-hydrogen) atoms. The molecule has 0 spiro atoms. The second kappa shape index (κ2) is 9.24. The number of nitrogens with zero attached hydrogens (tertiary/aromatic N) is 4. The fourth-order valence-corrected chi connectivity index (χ4v) is 5.54. The van der Waals surface area contributed by atoms with Crippen LogP contribution in [-0.4, -0.2) is 59.3 Å². The molecule has 2 aromatic carbocycles. The average Bonchev–Trinajstić information content (AvgIpc) is 2.84. The maximum atomic E-state index is 14.7. The molecule has 9 heteroatoms. The molecule has 2 aromatic heterocycles. The van der Waals surface area contributed by atoms with Crippen LogP contribution in [0.1, 0.15) is 36.8 Å². The maximum absolute atomic E-state index is 14.7. The van der Waals surface area contributed by atoms with Crippen molar-refractivity contribution in [1.82, 2.24) is 14.9 Å². The summed E-state index contributed by atoms with van der Waals surface area (Å²) in [6, 6.07) is 5.88. The van der Waals surface area contributed by atoms with Crippen molar-refractivity contribution in [2.45, 2.75) is 38.1 Å². The molecule has 6 rings (SSSR count). The van der Waals surface area contributed by atoms with Crippen LogP contribution in [0.25, 0.3) is 33.0 Å². The first-order chi connectivity index (χ1) is 18.7. The molecule has 4 aromatic rings. The zero-order valence-corrected chi connectivity index (χ0v) is 22.2. The lowest BCUT2D eigenvalue weighted by Gasteiger charge is -2.46. The Morgan fingerprint density at radius 3 is 2.59 bits per heavy atom. The summed E-state index contributed by atoms with van der Waals surface area (Å²) >= 11 is 0. The molecule has 1 saturated heterocycles. The fraction of sp³-hybridized carbons (Fsp3) is 0.367. The van der Waals surface area contributed by atoms with Crippen LogP contribution < -0.4 is 15.3 Å². The predicted octanol–water partition coefficient (Wildman–Crippen LogP) is 4.61. The SMILES string of the molecule is C#Cc1c(F)ccc2cc(O)cc(-c3oc(=O)c4c(N5CCC5)nc(OCC5(N(C)C)CCC5)nc4c3C)c12. The molecule has 0 unspecified atom stereocenters. The van der Waals surface area contributed by atoms with Gasteiger partial charge in [-0.15, -0.1) is 6.42 Å². The number of terminal acetylenes is 1. The maximum Gasteiger partial charge on any atom is 0.349 e. The van der Waals surface area contributed by atoms with Gasteiger partial charge in [-0.05, 0) is 70.3 Å². The first kappa shape index (κ1) is 25.1. The lowest BCUT2D eigenvalue weighted by molar-refractivity contribution is 0.00992. The van der Waals surface area contributed by atoms with Gasteiger partial charge in [-0.1, -0.05) is 12.0 Å². The first-order valence-corrected chi connectivity index (χ1v) is 13.1. The van der Waals surface area contributed by atoms with Gasteiger partial charge >= 0.3 is 11.6 Å². The molecule has 3 heterocycles. The molecule has 8 nitrogen and oxygen atoms in total. The zero-order valence-electron chi connectivity index (χ0n) is 22.2. The van der Waals surface area contributed by atoms with Crippen molar-refractivity contribution in [1.29, 1.82) is 0 Å². The number of rotatable bonds is 6. The Balaban J connectivity index is 1.57. The van der Waals surface area contributed by atoms with Crippen LogP contribution in [0.5, 0.6) is 11.8 Å². The van der Waals surface area contributed by atoms with Gasteiger partial charge in [-0.25, -0.2) is 9.18 Å². The Morgan fingerprint density at radius 1 is 1.21 bits per heavy atom. The fourth-order valence-electron chi connectivity index (χ4n) is 5.54. The van der Waals surface area contributed by atoms with Crippen LogP contribution in [0, 0.1) is 25.1 Å². The molecule has 200 valence electrons.